The van der Waals surface area contributed by atoms with Gasteiger partial charge in [0.15, 0.2) is 23.9 Å². The van der Waals surface area contributed by atoms with Crippen LogP contribution in [0.1, 0.15) is 15.9 Å². The first-order valence-corrected chi connectivity index (χ1v) is 10.5. The lowest BCUT2D eigenvalue weighted by molar-refractivity contribution is -0.385. The van der Waals surface area contributed by atoms with Crippen molar-refractivity contribution in [1.82, 2.24) is 5.43 Å². The third-order valence-corrected chi connectivity index (χ3v) is 4.82. The molecule has 0 fully saturated rings. The highest BCUT2D eigenvalue weighted by Gasteiger charge is 2.15. The van der Waals surface area contributed by atoms with Gasteiger partial charge in [-0.15, -0.1) is 0 Å². The van der Waals surface area contributed by atoms with Gasteiger partial charge in [0.25, 0.3) is 5.91 Å². The van der Waals surface area contributed by atoms with Crippen LogP contribution in [0, 0.1) is 10.1 Å². The number of para-hydroxylation sites is 2. The number of hydrogen-bond donors (Lipinski definition) is 1. The van der Waals surface area contributed by atoms with Crippen molar-refractivity contribution in [2.45, 2.75) is 0 Å². The minimum absolute atomic E-state index is 0.0235. The number of benzene rings is 3. The van der Waals surface area contributed by atoms with Gasteiger partial charge in [-0.05, 0) is 54.1 Å². The average molecular weight is 528 g/mol. The summed E-state index contributed by atoms with van der Waals surface area (Å²) in [5.74, 6) is -0.667. The number of nitro groups is 1. The fraction of sp³-hybridized carbons (Fsp3) is 0.0870. The number of nitrogens with zero attached hydrogens (tertiary/aromatic N) is 2. The average Bonchev–Trinajstić information content (AvgIpc) is 2.84. The van der Waals surface area contributed by atoms with Gasteiger partial charge in [0, 0.05) is 10.5 Å². The van der Waals surface area contributed by atoms with Gasteiger partial charge in [-0.3, -0.25) is 14.9 Å². The Morgan fingerprint density at radius 1 is 1.06 bits per heavy atom. The van der Waals surface area contributed by atoms with E-state index in [0.717, 1.165) is 4.47 Å². The molecule has 10 nitrogen and oxygen atoms in total. The van der Waals surface area contributed by atoms with E-state index >= 15 is 0 Å². The Kier molecular flexibility index (Phi) is 8.30. The molecular weight excluding hydrogens is 510 g/mol. The summed E-state index contributed by atoms with van der Waals surface area (Å²) < 4.78 is 16.7. The summed E-state index contributed by atoms with van der Waals surface area (Å²) in [5.41, 5.74) is 2.95. The summed E-state index contributed by atoms with van der Waals surface area (Å²) in [5, 5.41) is 14.8. The van der Waals surface area contributed by atoms with Gasteiger partial charge in [0.1, 0.15) is 0 Å². The molecule has 0 aromatic heterocycles. The van der Waals surface area contributed by atoms with Crippen molar-refractivity contribution in [2.75, 3.05) is 13.7 Å². The number of carbonyl (C=O) groups is 2. The summed E-state index contributed by atoms with van der Waals surface area (Å²) in [7, 11) is 1.43. The Balaban J connectivity index is 1.57. The highest BCUT2D eigenvalue weighted by molar-refractivity contribution is 9.10. The van der Waals surface area contributed by atoms with Crippen molar-refractivity contribution in [3.63, 3.8) is 0 Å². The predicted octanol–water partition coefficient (Wildman–Crippen LogP) is 4.11. The van der Waals surface area contributed by atoms with E-state index in [4.69, 9.17) is 14.2 Å². The number of carbonyl (C=O) groups excluding carboxylic acids is 2. The molecular formula is C23H18BrN3O7. The van der Waals surface area contributed by atoms with Crippen molar-refractivity contribution in [3.8, 4) is 17.2 Å². The summed E-state index contributed by atoms with van der Waals surface area (Å²) in [6.45, 7) is -0.462. The first-order chi connectivity index (χ1) is 16.4. The van der Waals surface area contributed by atoms with Crippen molar-refractivity contribution >= 4 is 39.7 Å². The zero-order valence-electron chi connectivity index (χ0n) is 17.8. The zero-order valence-corrected chi connectivity index (χ0v) is 19.4. The monoisotopic (exact) mass is 527 g/mol. The summed E-state index contributed by atoms with van der Waals surface area (Å²) in [4.78, 5) is 34.6. The maximum atomic E-state index is 12.3. The maximum Gasteiger partial charge on any atom is 0.343 e. The molecule has 1 N–H and O–H groups in total. The number of methoxy groups -OCH3 is 1. The second-order valence-corrected chi connectivity index (χ2v) is 7.53. The van der Waals surface area contributed by atoms with Gasteiger partial charge >= 0.3 is 11.7 Å². The molecule has 0 atom stereocenters. The van der Waals surface area contributed by atoms with Crippen molar-refractivity contribution < 1.29 is 28.7 Å². The van der Waals surface area contributed by atoms with Crippen LogP contribution in [-0.4, -0.2) is 36.7 Å². The Morgan fingerprint density at radius 3 is 2.50 bits per heavy atom. The van der Waals surface area contributed by atoms with Crippen LogP contribution in [-0.2, 0) is 4.79 Å². The number of nitrogens with one attached hydrogen (secondary N) is 1. The Bertz CT molecular complexity index is 1230. The number of esters is 1. The first kappa shape index (κ1) is 24.4. The largest absolute Gasteiger partial charge is 0.493 e. The highest BCUT2D eigenvalue weighted by atomic mass is 79.9. The molecule has 0 heterocycles. The lowest BCUT2D eigenvalue weighted by Gasteiger charge is -2.10. The predicted molar refractivity (Wildman–Crippen MR) is 126 cm³/mol. The molecule has 11 heteroatoms. The number of nitro benzene ring substituents is 1. The molecule has 34 heavy (non-hydrogen) atoms. The van der Waals surface area contributed by atoms with Gasteiger partial charge in [-0.25, -0.2) is 10.2 Å². The van der Waals surface area contributed by atoms with E-state index in [9.17, 15) is 19.7 Å². The second kappa shape index (κ2) is 11.6. The van der Waals surface area contributed by atoms with E-state index in [0.29, 0.717) is 16.9 Å². The molecule has 0 aliphatic rings. The zero-order chi connectivity index (χ0) is 24.5. The highest BCUT2D eigenvalue weighted by Crippen LogP contribution is 2.29. The number of hydrazone groups is 1. The second-order valence-electron chi connectivity index (χ2n) is 6.61. The van der Waals surface area contributed by atoms with E-state index in [1.54, 1.807) is 42.5 Å². The lowest BCUT2D eigenvalue weighted by atomic mass is 10.2. The van der Waals surface area contributed by atoms with Gasteiger partial charge in [-0.2, -0.15) is 5.10 Å². The van der Waals surface area contributed by atoms with Crippen LogP contribution in [0.25, 0.3) is 0 Å². The Morgan fingerprint density at radius 2 is 1.79 bits per heavy atom. The molecule has 0 saturated heterocycles. The summed E-state index contributed by atoms with van der Waals surface area (Å²) in [6, 6.07) is 17.2. The van der Waals surface area contributed by atoms with Gasteiger partial charge in [-0.1, -0.05) is 28.1 Å². The van der Waals surface area contributed by atoms with Crippen LogP contribution in [0.5, 0.6) is 17.2 Å². The number of halogens is 1. The topological polar surface area (TPSA) is 129 Å². The van der Waals surface area contributed by atoms with E-state index in [1.807, 2.05) is 0 Å². The van der Waals surface area contributed by atoms with Crippen LogP contribution in [0.3, 0.4) is 0 Å². The number of rotatable bonds is 9. The lowest BCUT2D eigenvalue weighted by Crippen LogP contribution is -2.24. The third-order valence-electron chi connectivity index (χ3n) is 4.29. The molecule has 0 aliphatic carbocycles. The van der Waals surface area contributed by atoms with Crippen molar-refractivity contribution in [2.24, 2.45) is 5.10 Å². The number of ether oxygens (including phenoxy) is 3. The minimum Gasteiger partial charge on any atom is -0.493 e. The van der Waals surface area contributed by atoms with Crippen LogP contribution < -0.4 is 19.6 Å². The Hall–Kier alpha value is -4.25. The van der Waals surface area contributed by atoms with Gasteiger partial charge in [0.05, 0.1) is 23.8 Å². The van der Waals surface area contributed by atoms with E-state index in [2.05, 4.69) is 26.5 Å². The SMILES string of the molecule is COc1cc(C=NNC(=O)COc2ccccc2[N+](=O)[O-])ccc1OC(=O)c1ccc(Br)cc1. The Labute approximate surface area is 202 Å². The third kappa shape index (κ3) is 6.62. The van der Waals surface area contributed by atoms with E-state index < -0.39 is 23.4 Å². The number of amides is 1. The molecule has 0 bridgehead atoms. The molecule has 1 amide bonds. The molecule has 0 aliphatic heterocycles. The normalized spacial score (nSPS) is 10.5. The molecule has 3 aromatic carbocycles. The van der Waals surface area contributed by atoms with Crippen LogP contribution in [0.15, 0.2) is 76.3 Å². The molecule has 0 spiro atoms. The maximum absolute atomic E-state index is 12.3. The number of hydrogen-bond acceptors (Lipinski definition) is 8. The van der Waals surface area contributed by atoms with Crippen molar-refractivity contribution in [1.29, 1.82) is 0 Å². The molecule has 0 saturated carbocycles. The molecule has 0 radical (unpaired) electrons. The molecule has 0 unspecified atom stereocenters. The van der Waals surface area contributed by atoms with Crippen molar-refractivity contribution in [3.05, 3.63) is 92.4 Å². The summed E-state index contributed by atoms with van der Waals surface area (Å²) in [6.07, 6.45) is 1.35. The smallest absolute Gasteiger partial charge is 0.343 e. The molecule has 3 aromatic rings. The quantitative estimate of drug-likeness (QED) is 0.145. The molecule has 3 rings (SSSR count). The molecule has 174 valence electrons. The van der Waals surface area contributed by atoms with E-state index in [1.165, 1.54) is 37.6 Å². The fourth-order valence-electron chi connectivity index (χ4n) is 2.68. The van der Waals surface area contributed by atoms with Crippen LogP contribution in [0.4, 0.5) is 5.69 Å². The summed E-state index contributed by atoms with van der Waals surface area (Å²) >= 11 is 3.31. The first-order valence-electron chi connectivity index (χ1n) is 9.71. The van der Waals surface area contributed by atoms with Crippen LogP contribution >= 0.6 is 15.9 Å². The van der Waals surface area contributed by atoms with E-state index in [-0.39, 0.29) is 17.2 Å². The van der Waals surface area contributed by atoms with Gasteiger partial charge < -0.3 is 14.2 Å². The fourth-order valence-corrected chi connectivity index (χ4v) is 2.94. The van der Waals surface area contributed by atoms with Gasteiger partial charge in [0.2, 0.25) is 0 Å². The van der Waals surface area contributed by atoms with Crippen LogP contribution in [0.2, 0.25) is 0 Å². The standard InChI is InChI=1S/C23H18BrN3O7/c1-32-21-12-15(6-11-20(21)34-23(29)16-7-9-17(24)10-8-16)13-25-26-22(28)14-33-19-5-3-2-4-18(19)27(30)31/h2-13H,14H2,1H3,(H,26,28). The minimum atomic E-state index is -0.610.